The number of hydrogen-bond acceptors (Lipinski definition) is 4. The van der Waals surface area contributed by atoms with Crippen molar-refractivity contribution in [3.8, 4) is 5.75 Å². The maximum Gasteiger partial charge on any atom is 0.227 e. The highest BCUT2D eigenvalue weighted by Crippen LogP contribution is 2.19. The lowest BCUT2D eigenvalue weighted by molar-refractivity contribution is 0.340. The van der Waals surface area contributed by atoms with E-state index < -0.39 is 0 Å². The van der Waals surface area contributed by atoms with Gasteiger partial charge in [-0.2, -0.15) is 5.10 Å². The second-order valence-corrected chi connectivity index (χ2v) is 4.67. The molecule has 4 N–H and O–H groups in total. The molecule has 0 saturated heterocycles. The average molecular weight is 307 g/mol. The SMILES string of the molecule is CCOc1ccc(N(C(N)=S)/C(N)=N/N=C(\C)CC)cc1. The van der Waals surface area contributed by atoms with E-state index in [1.807, 2.05) is 45.0 Å². The lowest BCUT2D eigenvalue weighted by Crippen LogP contribution is -2.45. The summed E-state index contributed by atoms with van der Waals surface area (Å²) in [5.41, 5.74) is 13.2. The molecule has 0 aliphatic rings. The quantitative estimate of drug-likeness (QED) is 0.377. The molecule has 7 heteroatoms. The molecule has 0 spiro atoms. The summed E-state index contributed by atoms with van der Waals surface area (Å²) < 4.78 is 5.39. The Morgan fingerprint density at radius 1 is 1.19 bits per heavy atom. The lowest BCUT2D eigenvalue weighted by atomic mass is 10.3. The van der Waals surface area contributed by atoms with E-state index in [-0.39, 0.29) is 11.1 Å². The molecule has 0 heterocycles. The number of benzene rings is 1. The minimum Gasteiger partial charge on any atom is -0.494 e. The first kappa shape index (κ1) is 16.9. The predicted octanol–water partition coefficient (Wildman–Crippen LogP) is 2.24. The van der Waals surface area contributed by atoms with E-state index in [4.69, 9.17) is 28.4 Å². The highest BCUT2D eigenvalue weighted by atomic mass is 32.1. The second kappa shape index (κ2) is 8.21. The van der Waals surface area contributed by atoms with Crippen LogP contribution in [0.4, 0.5) is 5.69 Å². The Kier molecular flexibility index (Phi) is 6.61. The van der Waals surface area contributed by atoms with Crippen LogP contribution < -0.4 is 21.1 Å². The maximum atomic E-state index is 5.92. The van der Waals surface area contributed by atoms with Gasteiger partial charge in [-0.3, -0.25) is 4.90 Å². The molecule has 1 aromatic rings. The van der Waals surface area contributed by atoms with Crippen LogP contribution in [0.3, 0.4) is 0 Å². The number of rotatable bonds is 5. The summed E-state index contributed by atoms with van der Waals surface area (Å²) >= 11 is 5.03. The van der Waals surface area contributed by atoms with Crippen LogP contribution in [0.1, 0.15) is 27.2 Å². The number of nitrogens with zero attached hydrogens (tertiary/aromatic N) is 3. The molecule has 114 valence electrons. The zero-order valence-corrected chi connectivity index (χ0v) is 13.4. The molecule has 0 unspecified atom stereocenters. The van der Waals surface area contributed by atoms with Crippen LogP contribution in [0, 0.1) is 0 Å². The van der Waals surface area contributed by atoms with Gasteiger partial charge < -0.3 is 16.2 Å². The predicted molar refractivity (Wildman–Crippen MR) is 91.9 cm³/mol. The van der Waals surface area contributed by atoms with Crippen molar-refractivity contribution in [3.05, 3.63) is 24.3 Å². The number of thiocarbonyl (C=S) groups is 1. The first-order valence-corrected chi connectivity index (χ1v) is 7.09. The van der Waals surface area contributed by atoms with Gasteiger partial charge in [0.15, 0.2) is 5.11 Å². The molecule has 6 nitrogen and oxygen atoms in total. The maximum absolute atomic E-state index is 5.92. The third-order valence-electron chi connectivity index (χ3n) is 2.69. The van der Waals surface area contributed by atoms with Crippen molar-refractivity contribution < 1.29 is 4.74 Å². The number of guanidine groups is 1. The van der Waals surface area contributed by atoms with Crippen molar-refractivity contribution in [3.63, 3.8) is 0 Å². The van der Waals surface area contributed by atoms with Crippen molar-refractivity contribution in [1.29, 1.82) is 0 Å². The van der Waals surface area contributed by atoms with E-state index in [1.165, 1.54) is 4.90 Å². The number of hydrogen-bond donors (Lipinski definition) is 2. The Bertz CT molecular complexity index is 539. The first-order valence-electron chi connectivity index (χ1n) is 6.68. The molecular formula is C14H21N5OS. The number of anilines is 1. The molecule has 1 rings (SSSR count). The number of ether oxygens (including phenoxy) is 1. The molecule has 1 aromatic carbocycles. The molecule has 0 atom stereocenters. The third kappa shape index (κ3) is 5.03. The van der Waals surface area contributed by atoms with E-state index in [1.54, 1.807) is 0 Å². The Hall–Kier alpha value is -2.15. The summed E-state index contributed by atoms with van der Waals surface area (Å²) in [4.78, 5) is 1.46. The van der Waals surface area contributed by atoms with Crippen molar-refractivity contribution in [2.75, 3.05) is 11.5 Å². The van der Waals surface area contributed by atoms with Crippen LogP contribution in [0.5, 0.6) is 5.75 Å². The van der Waals surface area contributed by atoms with Crippen LogP contribution >= 0.6 is 12.2 Å². The first-order chi connectivity index (χ1) is 9.99. The largest absolute Gasteiger partial charge is 0.494 e. The lowest BCUT2D eigenvalue weighted by Gasteiger charge is -2.21. The minimum absolute atomic E-state index is 0.102. The van der Waals surface area contributed by atoms with Crippen molar-refractivity contribution in [1.82, 2.24) is 0 Å². The molecule has 21 heavy (non-hydrogen) atoms. The molecule has 0 bridgehead atoms. The Labute approximate surface area is 130 Å². The fourth-order valence-corrected chi connectivity index (χ4v) is 1.68. The van der Waals surface area contributed by atoms with Crippen LogP contribution in [0.15, 0.2) is 34.5 Å². The molecule has 0 saturated carbocycles. The third-order valence-corrected chi connectivity index (χ3v) is 2.87. The van der Waals surface area contributed by atoms with Crippen molar-refractivity contribution in [2.24, 2.45) is 21.7 Å². The monoisotopic (exact) mass is 307 g/mol. The smallest absolute Gasteiger partial charge is 0.227 e. The van der Waals surface area contributed by atoms with Crippen LogP contribution in [-0.2, 0) is 0 Å². The summed E-state index contributed by atoms with van der Waals surface area (Å²) in [6.45, 7) is 6.39. The van der Waals surface area contributed by atoms with Gasteiger partial charge in [-0.25, -0.2) is 0 Å². The van der Waals surface area contributed by atoms with E-state index in [0.29, 0.717) is 12.3 Å². The topological polar surface area (TPSA) is 89.2 Å². The highest BCUT2D eigenvalue weighted by Gasteiger charge is 2.14. The number of nitrogens with two attached hydrogens (primary N) is 2. The van der Waals surface area contributed by atoms with Gasteiger partial charge in [0.25, 0.3) is 0 Å². The zero-order chi connectivity index (χ0) is 15.8. The summed E-state index contributed by atoms with van der Waals surface area (Å²) in [6, 6.07) is 7.25. The van der Waals surface area contributed by atoms with Gasteiger partial charge >= 0.3 is 0 Å². The average Bonchev–Trinajstić information content (AvgIpc) is 2.46. The molecule has 0 radical (unpaired) electrons. The summed E-state index contributed by atoms with van der Waals surface area (Å²) in [7, 11) is 0. The summed E-state index contributed by atoms with van der Waals surface area (Å²) in [5, 5.41) is 8.08. The van der Waals surface area contributed by atoms with Gasteiger partial charge in [0.1, 0.15) is 5.75 Å². The fraction of sp³-hybridized carbons (Fsp3) is 0.357. The van der Waals surface area contributed by atoms with E-state index in [2.05, 4.69) is 10.2 Å². The van der Waals surface area contributed by atoms with Crippen LogP contribution in [0.25, 0.3) is 0 Å². The zero-order valence-electron chi connectivity index (χ0n) is 12.5. The minimum atomic E-state index is 0.102. The molecular weight excluding hydrogens is 286 g/mol. The molecule has 0 aliphatic carbocycles. The van der Waals surface area contributed by atoms with Gasteiger partial charge in [0, 0.05) is 5.71 Å². The normalized spacial score (nSPS) is 12.1. The Morgan fingerprint density at radius 2 is 1.81 bits per heavy atom. The van der Waals surface area contributed by atoms with Gasteiger partial charge in [0.2, 0.25) is 5.96 Å². The molecule has 0 aromatic heterocycles. The van der Waals surface area contributed by atoms with E-state index in [0.717, 1.165) is 17.9 Å². The molecule has 0 aliphatic heterocycles. The van der Waals surface area contributed by atoms with Gasteiger partial charge in [-0.05, 0) is 56.8 Å². The van der Waals surface area contributed by atoms with Gasteiger partial charge in [-0.1, -0.05) is 6.92 Å². The Balaban J connectivity index is 3.04. The van der Waals surface area contributed by atoms with E-state index in [9.17, 15) is 0 Å². The van der Waals surface area contributed by atoms with Crippen molar-refractivity contribution in [2.45, 2.75) is 27.2 Å². The standard InChI is InChI=1S/C14H21N5OS/c1-4-10(3)17-18-13(15)19(14(16)21)11-6-8-12(9-7-11)20-5-2/h6-9H,4-5H2,1-3H3,(H2,15,18)(H2,16,21)/b17-10+. The fourth-order valence-electron chi connectivity index (χ4n) is 1.48. The summed E-state index contributed by atoms with van der Waals surface area (Å²) in [6.07, 6.45) is 0.799. The van der Waals surface area contributed by atoms with Gasteiger partial charge in [-0.15, -0.1) is 5.10 Å². The highest BCUT2D eigenvalue weighted by molar-refractivity contribution is 7.80. The van der Waals surface area contributed by atoms with Crippen LogP contribution in [0.2, 0.25) is 0 Å². The molecule has 0 fully saturated rings. The van der Waals surface area contributed by atoms with Crippen molar-refractivity contribution >= 4 is 34.7 Å². The Morgan fingerprint density at radius 3 is 2.29 bits per heavy atom. The van der Waals surface area contributed by atoms with Gasteiger partial charge in [0.05, 0.1) is 12.3 Å². The second-order valence-electron chi connectivity index (χ2n) is 4.25. The van der Waals surface area contributed by atoms with Crippen LogP contribution in [-0.4, -0.2) is 23.4 Å². The molecule has 0 amide bonds. The summed E-state index contributed by atoms with van der Waals surface area (Å²) in [5.74, 6) is 0.888. The van der Waals surface area contributed by atoms with E-state index >= 15 is 0 Å².